The third kappa shape index (κ3) is 5.55. The molecule has 0 unspecified atom stereocenters. The highest BCUT2D eigenvalue weighted by Crippen LogP contribution is 2.23. The first-order valence-electron chi connectivity index (χ1n) is 7.69. The highest BCUT2D eigenvalue weighted by molar-refractivity contribution is 9.10. The number of benzene rings is 2. The van der Waals surface area contributed by atoms with E-state index in [0.717, 1.165) is 5.69 Å². The summed E-state index contributed by atoms with van der Waals surface area (Å²) in [5.74, 6) is -0.493. The molecule has 0 aromatic heterocycles. The molecule has 25 heavy (non-hydrogen) atoms. The number of halogens is 1. The maximum Gasteiger partial charge on any atom is 0.338 e. The highest BCUT2D eigenvalue weighted by atomic mass is 79.9. The third-order valence-electron chi connectivity index (χ3n) is 3.25. The fourth-order valence-corrected chi connectivity index (χ4v) is 4.19. The van der Waals surface area contributed by atoms with Crippen molar-refractivity contribution in [3.63, 3.8) is 0 Å². The molecular formula is C17H19BrN2O4S. The van der Waals surface area contributed by atoms with Crippen LogP contribution in [0.2, 0.25) is 0 Å². The minimum absolute atomic E-state index is 0.0697. The fraction of sp³-hybridized carbons (Fsp3) is 0.235. The Morgan fingerprint density at radius 3 is 2.48 bits per heavy atom. The van der Waals surface area contributed by atoms with E-state index in [4.69, 9.17) is 4.74 Å². The van der Waals surface area contributed by atoms with E-state index in [2.05, 4.69) is 26.0 Å². The summed E-state index contributed by atoms with van der Waals surface area (Å²) in [5, 5.41) is 3.12. The van der Waals surface area contributed by atoms with Gasteiger partial charge in [-0.3, -0.25) is 0 Å². The molecule has 0 saturated carbocycles. The van der Waals surface area contributed by atoms with Crippen LogP contribution in [0.4, 0.5) is 5.69 Å². The van der Waals surface area contributed by atoms with Crippen LogP contribution in [0.3, 0.4) is 0 Å². The molecule has 0 aliphatic heterocycles. The van der Waals surface area contributed by atoms with E-state index in [1.54, 1.807) is 6.92 Å². The Morgan fingerprint density at radius 2 is 1.84 bits per heavy atom. The van der Waals surface area contributed by atoms with E-state index in [1.165, 1.54) is 18.2 Å². The second-order valence-electron chi connectivity index (χ2n) is 5.06. The molecular weight excluding hydrogens is 408 g/mol. The van der Waals surface area contributed by atoms with Crippen LogP contribution >= 0.6 is 15.9 Å². The SMILES string of the molecule is CCOC(=O)c1ccc(S(=O)(=O)NCCNc2ccccc2)c(Br)c1. The summed E-state index contributed by atoms with van der Waals surface area (Å²) in [6.45, 7) is 2.64. The molecule has 0 fully saturated rings. The van der Waals surface area contributed by atoms with Crippen molar-refractivity contribution in [2.75, 3.05) is 25.0 Å². The second kappa shape index (κ2) is 8.98. The number of anilines is 1. The Balaban J connectivity index is 1.98. The van der Waals surface area contributed by atoms with Crippen molar-refractivity contribution < 1.29 is 17.9 Å². The van der Waals surface area contributed by atoms with Gasteiger partial charge in [-0.1, -0.05) is 18.2 Å². The van der Waals surface area contributed by atoms with Crippen LogP contribution in [0.15, 0.2) is 57.9 Å². The average Bonchev–Trinajstić information content (AvgIpc) is 2.59. The van der Waals surface area contributed by atoms with E-state index < -0.39 is 16.0 Å². The summed E-state index contributed by atoms with van der Waals surface area (Å²) < 4.78 is 32.5. The largest absolute Gasteiger partial charge is 0.462 e. The van der Waals surface area contributed by atoms with Gasteiger partial charge in [0.2, 0.25) is 10.0 Å². The molecule has 0 saturated heterocycles. The van der Waals surface area contributed by atoms with Crippen LogP contribution in [0, 0.1) is 0 Å². The molecule has 0 aliphatic rings. The van der Waals surface area contributed by atoms with Crippen LogP contribution < -0.4 is 10.0 Å². The molecule has 0 aliphatic carbocycles. The van der Waals surface area contributed by atoms with Gasteiger partial charge >= 0.3 is 5.97 Å². The zero-order valence-corrected chi connectivity index (χ0v) is 16.1. The molecule has 0 atom stereocenters. The molecule has 2 rings (SSSR count). The molecule has 0 amide bonds. The number of sulfonamides is 1. The molecule has 6 nitrogen and oxygen atoms in total. The van der Waals surface area contributed by atoms with Crippen LogP contribution in [-0.4, -0.2) is 34.1 Å². The van der Waals surface area contributed by atoms with Gasteiger partial charge in [-0.25, -0.2) is 17.9 Å². The Hall–Kier alpha value is -1.90. The van der Waals surface area contributed by atoms with Crippen molar-refractivity contribution >= 4 is 37.6 Å². The normalized spacial score (nSPS) is 11.1. The van der Waals surface area contributed by atoms with E-state index >= 15 is 0 Å². The van der Waals surface area contributed by atoms with Gasteiger partial charge in [-0.05, 0) is 53.2 Å². The molecule has 8 heteroatoms. The predicted molar refractivity (Wildman–Crippen MR) is 100 cm³/mol. The molecule has 0 bridgehead atoms. The summed E-state index contributed by atoms with van der Waals surface area (Å²) in [7, 11) is -3.69. The monoisotopic (exact) mass is 426 g/mol. The number of carbonyl (C=O) groups excluding carboxylic acids is 1. The van der Waals surface area contributed by atoms with E-state index in [1.807, 2.05) is 30.3 Å². The van der Waals surface area contributed by atoms with Crippen molar-refractivity contribution in [1.82, 2.24) is 4.72 Å². The fourth-order valence-electron chi connectivity index (χ4n) is 2.09. The third-order valence-corrected chi connectivity index (χ3v) is 5.69. The van der Waals surface area contributed by atoms with Gasteiger partial charge in [0.05, 0.1) is 17.1 Å². The minimum atomic E-state index is -3.69. The summed E-state index contributed by atoms with van der Waals surface area (Å²) in [4.78, 5) is 11.8. The minimum Gasteiger partial charge on any atom is -0.462 e. The van der Waals surface area contributed by atoms with Gasteiger partial charge in [0.15, 0.2) is 0 Å². The van der Waals surface area contributed by atoms with Gasteiger partial charge < -0.3 is 10.1 Å². The molecule has 2 N–H and O–H groups in total. The van der Waals surface area contributed by atoms with E-state index in [9.17, 15) is 13.2 Å². The summed E-state index contributed by atoms with van der Waals surface area (Å²) in [5.41, 5.74) is 1.21. The van der Waals surface area contributed by atoms with Gasteiger partial charge in [0, 0.05) is 23.2 Å². The number of nitrogens with one attached hydrogen (secondary N) is 2. The molecule has 0 spiro atoms. The first-order chi connectivity index (χ1) is 11.9. The standard InChI is InChI=1S/C17H19BrN2O4S/c1-2-24-17(21)13-8-9-16(15(18)12-13)25(22,23)20-11-10-19-14-6-4-3-5-7-14/h3-9,12,19-20H,2,10-11H2,1H3. The number of rotatable bonds is 8. The van der Waals surface area contributed by atoms with Crippen LogP contribution in [0.5, 0.6) is 0 Å². The smallest absolute Gasteiger partial charge is 0.338 e. The lowest BCUT2D eigenvalue weighted by Crippen LogP contribution is -2.29. The van der Waals surface area contributed by atoms with Crippen molar-refractivity contribution in [3.8, 4) is 0 Å². The highest BCUT2D eigenvalue weighted by Gasteiger charge is 2.19. The Morgan fingerprint density at radius 1 is 1.12 bits per heavy atom. The molecule has 0 radical (unpaired) electrons. The maximum atomic E-state index is 12.4. The Kier molecular flexibility index (Phi) is 6.98. The van der Waals surface area contributed by atoms with Crippen molar-refractivity contribution in [1.29, 1.82) is 0 Å². The molecule has 2 aromatic carbocycles. The van der Waals surface area contributed by atoms with Crippen LogP contribution in [0.25, 0.3) is 0 Å². The zero-order valence-electron chi connectivity index (χ0n) is 13.7. The number of ether oxygens (including phenoxy) is 1. The number of hydrogen-bond acceptors (Lipinski definition) is 5. The number of carbonyl (C=O) groups is 1. The average molecular weight is 427 g/mol. The first-order valence-corrected chi connectivity index (χ1v) is 9.97. The van der Waals surface area contributed by atoms with E-state index in [-0.39, 0.29) is 18.0 Å². The molecule has 2 aromatic rings. The van der Waals surface area contributed by atoms with Crippen LogP contribution in [-0.2, 0) is 14.8 Å². The topological polar surface area (TPSA) is 84.5 Å². The lowest BCUT2D eigenvalue weighted by atomic mass is 10.2. The van der Waals surface area contributed by atoms with Crippen LogP contribution in [0.1, 0.15) is 17.3 Å². The number of hydrogen-bond donors (Lipinski definition) is 2. The summed E-state index contributed by atoms with van der Waals surface area (Å²) in [6, 6.07) is 13.8. The zero-order chi connectivity index (χ0) is 18.3. The summed E-state index contributed by atoms with van der Waals surface area (Å²) in [6.07, 6.45) is 0. The van der Waals surface area contributed by atoms with Gasteiger partial charge in [-0.15, -0.1) is 0 Å². The lowest BCUT2D eigenvalue weighted by molar-refractivity contribution is 0.0526. The lowest BCUT2D eigenvalue weighted by Gasteiger charge is -2.11. The first kappa shape index (κ1) is 19.4. The van der Waals surface area contributed by atoms with Gasteiger partial charge in [-0.2, -0.15) is 0 Å². The van der Waals surface area contributed by atoms with Crippen molar-refractivity contribution in [2.24, 2.45) is 0 Å². The van der Waals surface area contributed by atoms with Gasteiger partial charge in [0.1, 0.15) is 0 Å². The summed E-state index contributed by atoms with van der Waals surface area (Å²) >= 11 is 3.21. The second-order valence-corrected chi connectivity index (χ2v) is 7.65. The maximum absolute atomic E-state index is 12.4. The quantitative estimate of drug-likeness (QED) is 0.500. The van der Waals surface area contributed by atoms with Crippen molar-refractivity contribution in [3.05, 3.63) is 58.6 Å². The number of para-hydroxylation sites is 1. The molecule has 134 valence electrons. The number of esters is 1. The van der Waals surface area contributed by atoms with E-state index in [0.29, 0.717) is 16.6 Å². The molecule has 0 heterocycles. The Bertz CT molecular complexity index is 826. The van der Waals surface area contributed by atoms with Crippen molar-refractivity contribution in [2.45, 2.75) is 11.8 Å². The van der Waals surface area contributed by atoms with Gasteiger partial charge in [0.25, 0.3) is 0 Å². The predicted octanol–water partition coefficient (Wildman–Crippen LogP) is 3.02. The Labute approximate surface area is 155 Å².